The molecule has 126 valence electrons. The first-order valence-corrected chi connectivity index (χ1v) is 8.33. The molecule has 0 radical (unpaired) electrons. The van der Waals surface area contributed by atoms with Crippen molar-refractivity contribution in [2.45, 2.75) is 18.9 Å². The lowest BCUT2D eigenvalue weighted by Gasteiger charge is -2.23. The van der Waals surface area contributed by atoms with Crippen LogP contribution in [0.4, 0.5) is 0 Å². The van der Waals surface area contributed by atoms with Crippen molar-refractivity contribution >= 4 is 5.97 Å². The highest BCUT2D eigenvalue weighted by Gasteiger charge is 2.43. The van der Waals surface area contributed by atoms with E-state index in [-0.39, 0.29) is 23.8 Å². The van der Waals surface area contributed by atoms with Crippen molar-refractivity contribution in [1.82, 2.24) is 5.32 Å². The molecule has 2 aromatic carbocycles. The number of rotatable bonds is 5. The minimum Gasteiger partial charge on any atom is -0.497 e. The molecule has 1 aliphatic heterocycles. The highest BCUT2D eigenvalue weighted by Crippen LogP contribution is 2.40. The Kier molecular flexibility index (Phi) is 5.16. The molecule has 0 spiro atoms. The van der Waals surface area contributed by atoms with Gasteiger partial charge in [-0.1, -0.05) is 42.5 Å². The maximum atomic E-state index is 12.6. The summed E-state index contributed by atoms with van der Waals surface area (Å²) in [4.78, 5) is 12.6. The molecule has 1 heterocycles. The summed E-state index contributed by atoms with van der Waals surface area (Å²) in [6.07, 6.45) is 0. The summed E-state index contributed by atoms with van der Waals surface area (Å²) in [7, 11) is 1.65. The van der Waals surface area contributed by atoms with Crippen molar-refractivity contribution in [3.05, 3.63) is 65.7 Å². The monoisotopic (exact) mass is 325 g/mol. The zero-order chi connectivity index (χ0) is 16.9. The van der Waals surface area contributed by atoms with E-state index in [4.69, 9.17) is 9.47 Å². The Labute approximate surface area is 142 Å². The standard InChI is InChI=1S/C20H23NO3/c1-3-24-20(22)18-17(14-7-5-4-6-8-14)13-21-19(18)15-9-11-16(23-2)12-10-15/h4-12,17-19,21H,3,13H2,1-2H3/t17-,18-,19+/m1/s1. The molecule has 1 fully saturated rings. The smallest absolute Gasteiger partial charge is 0.311 e. The molecule has 0 unspecified atom stereocenters. The quantitative estimate of drug-likeness (QED) is 0.857. The van der Waals surface area contributed by atoms with Gasteiger partial charge in [0.15, 0.2) is 0 Å². The van der Waals surface area contributed by atoms with Gasteiger partial charge in [-0.2, -0.15) is 0 Å². The largest absolute Gasteiger partial charge is 0.497 e. The van der Waals surface area contributed by atoms with Gasteiger partial charge < -0.3 is 14.8 Å². The van der Waals surface area contributed by atoms with Gasteiger partial charge >= 0.3 is 5.97 Å². The maximum absolute atomic E-state index is 12.6. The van der Waals surface area contributed by atoms with E-state index in [1.165, 1.54) is 5.56 Å². The fourth-order valence-electron chi connectivity index (χ4n) is 3.44. The molecule has 0 aliphatic carbocycles. The van der Waals surface area contributed by atoms with E-state index in [9.17, 15) is 4.79 Å². The number of carbonyl (C=O) groups is 1. The molecule has 4 nitrogen and oxygen atoms in total. The van der Waals surface area contributed by atoms with Gasteiger partial charge in [0.25, 0.3) is 0 Å². The first kappa shape index (κ1) is 16.5. The first-order chi connectivity index (χ1) is 11.7. The van der Waals surface area contributed by atoms with Gasteiger partial charge in [0.2, 0.25) is 0 Å². The summed E-state index contributed by atoms with van der Waals surface area (Å²) in [6, 6.07) is 18.0. The van der Waals surface area contributed by atoms with Crippen molar-refractivity contribution < 1.29 is 14.3 Å². The highest BCUT2D eigenvalue weighted by molar-refractivity contribution is 5.75. The van der Waals surface area contributed by atoms with Crippen LogP contribution in [-0.2, 0) is 9.53 Å². The fraction of sp³-hybridized carbons (Fsp3) is 0.350. The second-order valence-corrected chi connectivity index (χ2v) is 5.95. The van der Waals surface area contributed by atoms with E-state index in [0.29, 0.717) is 6.61 Å². The average molecular weight is 325 g/mol. The van der Waals surface area contributed by atoms with Crippen LogP contribution in [0.5, 0.6) is 5.75 Å². The lowest BCUT2D eigenvalue weighted by molar-refractivity contribution is -0.148. The molecule has 0 aromatic heterocycles. The number of ether oxygens (including phenoxy) is 2. The number of hydrogen-bond donors (Lipinski definition) is 1. The summed E-state index contributed by atoms with van der Waals surface area (Å²) < 4.78 is 10.6. The molecule has 0 amide bonds. The van der Waals surface area contributed by atoms with E-state index in [1.807, 2.05) is 49.4 Å². The fourth-order valence-corrected chi connectivity index (χ4v) is 3.44. The van der Waals surface area contributed by atoms with Crippen LogP contribution in [0.25, 0.3) is 0 Å². The van der Waals surface area contributed by atoms with E-state index in [0.717, 1.165) is 17.9 Å². The number of carbonyl (C=O) groups excluding carboxylic acids is 1. The van der Waals surface area contributed by atoms with Gasteiger partial charge in [-0.25, -0.2) is 0 Å². The number of methoxy groups -OCH3 is 1. The van der Waals surface area contributed by atoms with E-state index < -0.39 is 0 Å². The van der Waals surface area contributed by atoms with Crippen molar-refractivity contribution in [2.24, 2.45) is 5.92 Å². The highest BCUT2D eigenvalue weighted by atomic mass is 16.5. The number of benzene rings is 2. The summed E-state index contributed by atoms with van der Waals surface area (Å²) in [6.45, 7) is 3.00. The number of esters is 1. The molecule has 3 atom stereocenters. The third kappa shape index (κ3) is 3.29. The van der Waals surface area contributed by atoms with Crippen LogP contribution < -0.4 is 10.1 Å². The summed E-state index contributed by atoms with van der Waals surface area (Å²) in [5.74, 6) is 0.541. The lowest BCUT2D eigenvalue weighted by Crippen LogP contribution is -2.27. The predicted molar refractivity (Wildman–Crippen MR) is 93.0 cm³/mol. The summed E-state index contributed by atoms with van der Waals surface area (Å²) in [5.41, 5.74) is 2.24. The maximum Gasteiger partial charge on any atom is 0.311 e. The molecule has 3 rings (SSSR count). The molecular formula is C20H23NO3. The molecular weight excluding hydrogens is 302 g/mol. The van der Waals surface area contributed by atoms with Gasteiger partial charge in [-0.05, 0) is 30.2 Å². The lowest BCUT2D eigenvalue weighted by atomic mass is 9.83. The Bertz CT molecular complexity index is 669. The third-order valence-electron chi connectivity index (χ3n) is 4.61. The zero-order valence-corrected chi connectivity index (χ0v) is 14.1. The molecule has 1 aliphatic rings. The van der Waals surface area contributed by atoms with Gasteiger partial charge in [0, 0.05) is 18.5 Å². The van der Waals surface area contributed by atoms with E-state index >= 15 is 0 Å². The van der Waals surface area contributed by atoms with E-state index in [2.05, 4.69) is 17.4 Å². The Balaban J connectivity index is 1.91. The van der Waals surface area contributed by atoms with Crippen LogP contribution in [0.2, 0.25) is 0 Å². The number of hydrogen-bond acceptors (Lipinski definition) is 4. The minimum atomic E-state index is -0.235. The molecule has 1 saturated heterocycles. The molecule has 1 N–H and O–H groups in total. The summed E-state index contributed by atoms with van der Waals surface area (Å²) >= 11 is 0. The Morgan fingerprint density at radius 2 is 1.79 bits per heavy atom. The van der Waals surface area contributed by atoms with Crippen LogP contribution in [0.15, 0.2) is 54.6 Å². The minimum absolute atomic E-state index is 0.0554. The average Bonchev–Trinajstić information content (AvgIpc) is 3.08. The SMILES string of the molecule is CCOC(=O)[C@@H]1[C@@H](c2ccccc2)CN[C@H]1c1ccc(OC)cc1. The first-order valence-electron chi connectivity index (χ1n) is 8.33. The molecule has 24 heavy (non-hydrogen) atoms. The summed E-state index contributed by atoms with van der Waals surface area (Å²) in [5, 5.41) is 3.51. The molecule has 2 aromatic rings. The van der Waals surface area contributed by atoms with Crippen LogP contribution in [0.3, 0.4) is 0 Å². The van der Waals surface area contributed by atoms with Gasteiger partial charge in [0.1, 0.15) is 5.75 Å². The second kappa shape index (κ2) is 7.49. The molecule has 4 heteroatoms. The van der Waals surface area contributed by atoms with Crippen molar-refractivity contribution in [2.75, 3.05) is 20.3 Å². The predicted octanol–water partition coefficient (Wildman–Crippen LogP) is 3.30. The Morgan fingerprint density at radius 1 is 1.08 bits per heavy atom. The van der Waals surface area contributed by atoms with Gasteiger partial charge in [-0.3, -0.25) is 4.79 Å². The van der Waals surface area contributed by atoms with Gasteiger partial charge in [0.05, 0.1) is 19.6 Å². The molecule has 0 bridgehead atoms. The normalized spacial score (nSPS) is 23.0. The van der Waals surface area contributed by atoms with Crippen molar-refractivity contribution in [3.8, 4) is 5.75 Å². The van der Waals surface area contributed by atoms with Crippen molar-refractivity contribution in [1.29, 1.82) is 0 Å². The Hall–Kier alpha value is -2.33. The number of nitrogens with one attached hydrogen (secondary N) is 1. The molecule has 0 saturated carbocycles. The van der Waals surface area contributed by atoms with Gasteiger partial charge in [-0.15, -0.1) is 0 Å². The van der Waals surface area contributed by atoms with Crippen molar-refractivity contribution in [3.63, 3.8) is 0 Å². The Morgan fingerprint density at radius 3 is 2.42 bits per heavy atom. The van der Waals surface area contributed by atoms with Crippen LogP contribution >= 0.6 is 0 Å². The van der Waals surface area contributed by atoms with Crippen LogP contribution in [-0.4, -0.2) is 26.2 Å². The third-order valence-corrected chi connectivity index (χ3v) is 4.61. The topological polar surface area (TPSA) is 47.6 Å². The zero-order valence-electron chi connectivity index (χ0n) is 14.1. The second-order valence-electron chi connectivity index (χ2n) is 5.95. The van der Waals surface area contributed by atoms with Crippen LogP contribution in [0.1, 0.15) is 30.0 Å². The van der Waals surface area contributed by atoms with E-state index in [1.54, 1.807) is 7.11 Å². The van der Waals surface area contributed by atoms with Crippen LogP contribution in [0, 0.1) is 5.92 Å².